The van der Waals surface area contributed by atoms with E-state index in [-0.39, 0.29) is 11.3 Å². The minimum absolute atomic E-state index is 0.125. The lowest BCUT2D eigenvalue weighted by molar-refractivity contribution is -0.193. The van der Waals surface area contributed by atoms with Gasteiger partial charge in [-0.15, -0.1) is 0 Å². The van der Waals surface area contributed by atoms with E-state index in [1.165, 1.54) is 18.4 Å². The van der Waals surface area contributed by atoms with E-state index in [9.17, 15) is 44.3 Å². The van der Waals surface area contributed by atoms with Gasteiger partial charge < -0.3 is 20.2 Å². The van der Waals surface area contributed by atoms with Crippen LogP contribution in [0.25, 0.3) is 0 Å². The molecule has 0 radical (unpaired) electrons. The molecule has 0 aliphatic carbocycles. The minimum Gasteiger partial charge on any atom is -0.475 e. The van der Waals surface area contributed by atoms with E-state index >= 15 is 0 Å². The Balaban J connectivity index is 0.000000413. The Kier molecular flexibility index (Phi) is 14.4. The minimum atomic E-state index is -5.08. The van der Waals surface area contributed by atoms with Crippen molar-refractivity contribution in [2.75, 3.05) is 26.2 Å². The maximum absolute atomic E-state index is 12.8. The molecule has 1 amide bonds. The number of nitrogens with zero attached hydrogens (tertiary/aromatic N) is 4. The van der Waals surface area contributed by atoms with Crippen LogP contribution >= 0.6 is 0 Å². The molecule has 0 aromatic carbocycles. The second-order valence-electron chi connectivity index (χ2n) is 9.80. The molecule has 2 aliphatic heterocycles. The van der Waals surface area contributed by atoms with Crippen LogP contribution in [0, 0.1) is 5.41 Å². The van der Waals surface area contributed by atoms with E-state index in [0.717, 1.165) is 39.1 Å². The second kappa shape index (κ2) is 16.7. The van der Waals surface area contributed by atoms with Gasteiger partial charge in [0.2, 0.25) is 0 Å². The van der Waals surface area contributed by atoms with Gasteiger partial charge in [-0.1, -0.05) is 0 Å². The molecule has 4 heterocycles. The van der Waals surface area contributed by atoms with Crippen LogP contribution in [0.2, 0.25) is 0 Å². The number of carbonyl (C=O) groups is 4. The predicted octanol–water partition coefficient (Wildman–Crippen LogP) is 4.50. The third kappa shape index (κ3) is 14.1. The lowest BCUT2D eigenvalue weighted by atomic mass is 9.79. The van der Waals surface area contributed by atoms with Gasteiger partial charge >= 0.3 is 36.4 Å². The van der Waals surface area contributed by atoms with E-state index in [1.54, 1.807) is 12.4 Å². The van der Waals surface area contributed by atoms with Gasteiger partial charge in [-0.05, 0) is 55.6 Å². The molecule has 2 aromatic rings. The molecule has 1 spiro atoms. The summed E-state index contributed by atoms with van der Waals surface area (Å²) in [6.07, 6.45) is -4.66. The molecule has 4 rings (SSSR count). The maximum Gasteiger partial charge on any atom is 0.490 e. The summed E-state index contributed by atoms with van der Waals surface area (Å²) in [6, 6.07) is 7.87. The average molecular weight is 679 g/mol. The highest BCUT2D eigenvalue weighted by Crippen LogP contribution is 2.39. The number of pyridine rings is 2. The molecule has 20 heteroatoms. The van der Waals surface area contributed by atoms with Gasteiger partial charge in [0.1, 0.15) is 0 Å². The van der Waals surface area contributed by atoms with Crippen LogP contribution in [0.3, 0.4) is 0 Å². The first-order valence-electron chi connectivity index (χ1n) is 12.8. The summed E-state index contributed by atoms with van der Waals surface area (Å²) in [6.45, 7) is 4.89. The number of aliphatic carboxylic acids is 3. The first-order chi connectivity index (χ1) is 21.1. The van der Waals surface area contributed by atoms with E-state index < -0.39 is 36.4 Å². The van der Waals surface area contributed by atoms with Gasteiger partial charge in [0.15, 0.2) is 0 Å². The number of alkyl halides is 9. The molecule has 11 nitrogen and oxygen atoms in total. The van der Waals surface area contributed by atoms with E-state index in [2.05, 4.69) is 27.0 Å². The maximum atomic E-state index is 12.8. The molecule has 256 valence electrons. The summed E-state index contributed by atoms with van der Waals surface area (Å²) in [4.78, 5) is 52.2. The summed E-state index contributed by atoms with van der Waals surface area (Å²) in [7, 11) is 0. The van der Waals surface area contributed by atoms with Crippen LogP contribution in [0.5, 0.6) is 0 Å². The number of rotatable bonds is 3. The Hall–Kier alpha value is -4.49. The van der Waals surface area contributed by atoms with Crippen LogP contribution in [-0.2, 0) is 20.9 Å². The third-order valence-corrected chi connectivity index (χ3v) is 6.26. The highest BCUT2D eigenvalue weighted by molar-refractivity contribution is 5.94. The zero-order valence-electron chi connectivity index (χ0n) is 23.4. The number of aromatic nitrogens is 2. The number of carboxylic acid groups (broad SMARTS) is 3. The Bertz CT molecular complexity index is 1240. The summed E-state index contributed by atoms with van der Waals surface area (Å²) >= 11 is 0. The lowest BCUT2D eigenvalue weighted by Gasteiger charge is -2.40. The summed E-state index contributed by atoms with van der Waals surface area (Å²) in [5, 5.41) is 21.4. The topological polar surface area (TPSA) is 161 Å². The average Bonchev–Trinajstić information content (AvgIpc) is 3.34. The van der Waals surface area contributed by atoms with Crippen molar-refractivity contribution in [2.24, 2.45) is 5.41 Å². The fraction of sp³-hybridized carbons (Fsp3) is 0.462. The van der Waals surface area contributed by atoms with Crippen molar-refractivity contribution in [1.29, 1.82) is 0 Å². The van der Waals surface area contributed by atoms with Crippen molar-refractivity contribution >= 4 is 23.8 Å². The molecule has 1 atom stereocenters. The van der Waals surface area contributed by atoms with Crippen molar-refractivity contribution in [3.05, 3.63) is 60.2 Å². The van der Waals surface area contributed by atoms with E-state index in [4.69, 9.17) is 29.7 Å². The fourth-order valence-corrected chi connectivity index (χ4v) is 4.30. The van der Waals surface area contributed by atoms with Crippen molar-refractivity contribution in [3.8, 4) is 0 Å². The van der Waals surface area contributed by atoms with Crippen LogP contribution in [-0.4, -0.2) is 104 Å². The number of halogens is 9. The monoisotopic (exact) mass is 678 g/mol. The molecule has 3 N–H and O–H groups in total. The summed E-state index contributed by atoms with van der Waals surface area (Å²) in [5.41, 5.74) is 2.26. The Morgan fingerprint density at radius 2 is 1.22 bits per heavy atom. The van der Waals surface area contributed by atoms with E-state index in [1.807, 2.05) is 29.4 Å². The van der Waals surface area contributed by atoms with Gasteiger partial charge in [-0.25, -0.2) is 14.4 Å². The summed E-state index contributed by atoms with van der Waals surface area (Å²) < 4.78 is 95.2. The van der Waals surface area contributed by atoms with Gasteiger partial charge in [0.05, 0.1) is 5.56 Å². The standard InChI is InChI=1S/C20H24N4O.3C2HF3O2/c25-19(18-3-1-8-22-13-18)24-11-2-6-20(16-24)7-12-23(15-20)14-17-4-9-21-10-5-17;3*3-2(4,5)1(6)7/h1,3-5,8-10,13H,2,6-7,11-12,14-16H2;3*(H,6,7). The fourth-order valence-electron chi connectivity index (χ4n) is 4.30. The normalized spacial score (nSPS) is 18.2. The molecular weight excluding hydrogens is 651 g/mol. The largest absolute Gasteiger partial charge is 0.490 e. The van der Waals surface area contributed by atoms with Gasteiger partial charge in [-0.3, -0.25) is 19.7 Å². The predicted molar refractivity (Wildman–Crippen MR) is 137 cm³/mol. The number of carbonyl (C=O) groups excluding carboxylic acids is 1. The van der Waals surface area contributed by atoms with Crippen molar-refractivity contribution in [3.63, 3.8) is 0 Å². The van der Waals surface area contributed by atoms with Crippen LogP contribution in [0.15, 0.2) is 49.1 Å². The quantitative estimate of drug-likeness (QED) is 0.394. The number of hydrogen-bond acceptors (Lipinski definition) is 7. The molecular formula is C26H27F9N4O7. The van der Waals surface area contributed by atoms with Crippen molar-refractivity contribution in [2.45, 2.75) is 44.3 Å². The highest BCUT2D eigenvalue weighted by Gasteiger charge is 2.43. The molecule has 2 fully saturated rings. The van der Waals surface area contributed by atoms with Crippen molar-refractivity contribution in [1.82, 2.24) is 19.8 Å². The first-order valence-corrected chi connectivity index (χ1v) is 12.8. The van der Waals surface area contributed by atoms with Gasteiger partial charge in [-0.2, -0.15) is 39.5 Å². The zero-order valence-corrected chi connectivity index (χ0v) is 23.4. The highest BCUT2D eigenvalue weighted by atomic mass is 19.4. The van der Waals surface area contributed by atoms with Gasteiger partial charge in [0.25, 0.3) is 5.91 Å². The van der Waals surface area contributed by atoms with Gasteiger partial charge in [0, 0.05) is 56.4 Å². The van der Waals surface area contributed by atoms with Crippen molar-refractivity contribution < 1.29 is 74.0 Å². The SMILES string of the molecule is O=C(O)C(F)(F)F.O=C(O)C(F)(F)F.O=C(O)C(F)(F)F.O=C(c1cccnc1)N1CCCC2(CCN(Cc3ccncc3)C2)C1. The van der Waals surface area contributed by atoms with E-state index in [0.29, 0.717) is 5.56 Å². The number of hydrogen-bond donors (Lipinski definition) is 3. The third-order valence-electron chi connectivity index (χ3n) is 6.26. The number of piperidine rings is 1. The molecule has 46 heavy (non-hydrogen) atoms. The van der Waals surface area contributed by atoms with Crippen LogP contribution in [0.1, 0.15) is 35.2 Å². The molecule has 2 saturated heterocycles. The Labute approximate surface area is 254 Å². The van der Waals surface area contributed by atoms with Crippen LogP contribution < -0.4 is 0 Å². The molecule has 2 aliphatic rings. The molecule has 2 aromatic heterocycles. The smallest absolute Gasteiger partial charge is 0.475 e. The zero-order chi connectivity index (χ0) is 35.3. The summed E-state index contributed by atoms with van der Waals surface area (Å²) in [5.74, 6) is -8.15. The number of carboxylic acids is 3. The molecule has 0 bridgehead atoms. The molecule has 1 unspecified atom stereocenters. The molecule has 0 saturated carbocycles. The van der Waals surface area contributed by atoms with Crippen LogP contribution in [0.4, 0.5) is 39.5 Å². The second-order valence-corrected chi connectivity index (χ2v) is 9.80. The Morgan fingerprint density at radius 1 is 0.717 bits per heavy atom. The number of amides is 1. The Morgan fingerprint density at radius 3 is 1.65 bits per heavy atom. The first kappa shape index (κ1) is 39.5. The lowest BCUT2D eigenvalue weighted by Crippen LogP contribution is -2.47. The number of likely N-dealkylation sites (tertiary alicyclic amines) is 2.